The summed E-state index contributed by atoms with van der Waals surface area (Å²) in [4.78, 5) is 27.4. The molecule has 1 aliphatic heterocycles. The van der Waals surface area contributed by atoms with Crippen molar-refractivity contribution in [2.75, 3.05) is 20.8 Å². The van der Waals surface area contributed by atoms with Gasteiger partial charge in [0.05, 0.1) is 25.7 Å². The second-order valence-corrected chi connectivity index (χ2v) is 6.93. The predicted molar refractivity (Wildman–Crippen MR) is 93.2 cm³/mol. The van der Waals surface area contributed by atoms with E-state index in [1.165, 1.54) is 0 Å². The summed E-state index contributed by atoms with van der Waals surface area (Å²) in [6, 6.07) is 7.62. The van der Waals surface area contributed by atoms with Crippen molar-refractivity contribution in [2.45, 2.75) is 44.3 Å². The van der Waals surface area contributed by atoms with Gasteiger partial charge in [0.15, 0.2) is 0 Å². The Morgan fingerprint density at radius 1 is 1.36 bits per heavy atom. The number of hydrogen-bond donors (Lipinski definition) is 1. The van der Waals surface area contributed by atoms with Crippen LogP contribution in [0.25, 0.3) is 0 Å². The first-order valence-electron chi connectivity index (χ1n) is 8.79. The highest BCUT2D eigenvalue weighted by Crippen LogP contribution is 2.45. The molecule has 0 radical (unpaired) electrons. The Kier molecular flexibility index (Phi) is 5.27. The lowest BCUT2D eigenvalue weighted by Crippen LogP contribution is -2.41. The van der Waals surface area contributed by atoms with Gasteiger partial charge in [-0.05, 0) is 37.5 Å². The van der Waals surface area contributed by atoms with Gasteiger partial charge < -0.3 is 19.7 Å². The molecule has 0 aromatic heterocycles. The fraction of sp³-hybridized carbons (Fsp3) is 0.579. The molecule has 3 atom stereocenters. The summed E-state index contributed by atoms with van der Waals surface area (Å²) in [5.41, 5.74) is 0.955. The van der Waals surface area contributed by atoms with Gasteiger partial charge >= 0.3 is 0 Å². The van der Waals surface area contributed by atoms with Gasteiger partial charge in [-0.15, -0.1) is 0 Å². The van der Waals surface area contributed by atoms with Crippen molar-refractivity contribution in [1.29, 1.82) is 0 Å². The molecule has 3 rings (SSSR count). The van der Waals surface area contributed by atoms with E-state index in [9.17, 15) is 9.59 Å². The van der Waals surface area contributed by atoms with Crippen molar-refractivity contribution in [3.8, 4) is 5.75 Å². The SMILES string of the molecule is COC[C@H](C)NC(=O)[C@@H]1CC(=O)N(C2CC2)[C@H]1c1cccc(OC)c1. The molecule has 0 spiro atoms. The van der Waals surface area contributed by atoms with Crippen molar-refractivity contribution in [2.24, 2.45) is 5.92 Å². The van der Waals surface area contributed by atoms with E-state index in [0.717, 1.165) is 24.2 Å². The summed E-state index contributed by atoms with van der Waals surface area (Å²) < 4.78 is 10.4. The van der Waals surface area contributed by atoms with Crippen molar-refractivity contribution in [3.63, 3.8) is 0 Å². The number of amides is 2. The van der Waals surface area contributed by atoms with Crippen LogP contribution in [0.1, 0.15) is 37.8 Å². The molecule has 6 heteroatoms. The summed E-state index contributed by atoms with van der Waals surface area (Å²) in [6.07, 6.45) is 2.28. The van der Waals surface area contributed by atoms with Crippen LogP contribution < -0.4 is 10.1 Å². The van der Waals surface area contributed by atoms with E-state index in [-0.39, 0.29) is 42.3 Å². The Balaban J connectivity index is 1.87. The van der Waals surface area contributed by atoms with Gasteiger partial charge in [0, 0.05) is 25.6 Å². The molecule has 2 amide bonds. The van der Waals surface area contributed by atoms with Crippen LogP contribution in [0.4, 0.5) is 0 Å². The number of hydrogen-bond acceptors (Lipinski definition) is 4. The molecule has 0 unspecified atom stereocenters. The molecule has 1 aromatic carbocycles. The van der Waals surface area contributed by atoms with Crippen LogP contribution in [0.15, 0.2) is 24.3 Å². The zero-order valence-corrected chi connectivity index (χ0v) is 15.0. The van der Waals surface area contributed by atoms with Crippen LogP contribution in [0.5, 0.6) is 5.75 Å². The maximum Gasteiger partial charge on any atom is 0.226 e. The zero-order chi connectivity index (χ0) is 18.0. The largest absolute Gasteiger partial charge is 0.497 e. The first kappa shape index (κ1) is 17.7. The molecule has 2 aliphatic rings. The van der Waals surface area contributed by atoms with Crippen molar-refractivity contribution < 1.29 is 19.1 Å². The average Bonchev–Trinajstić information content (AvgIpc) is 3.37. The molecule has 1 saturated carbocycles. The molecule has 1 saturated heterocycles. The minimum atomic E-state index is -0.389. The summed E-state index contributed by atoms with van der Waals surface area (Å²) in [5, 5.41) is 2.98. The van der Waals surface area contributed by atoms with Gasteiger partial charge in [0.1, 0.15) is 5.75 Å². The lowest BCUT2D eigenvalue weighted by atomic mass is 9.92. The number of carbonyl (C=O) groups excluding carboxylic acids is 2. The van der Waals surface area contributed by atoms with Crippen LogP contribution in [0.3, 0.4) is 0 Å². The van der Waals surface area contributed by atoms with Gasteiger partial charge in [0.25, 0.3) is 0 Å². The number of likely N-dealkylation sites (tertiary alicyclic amines) is 1. The average molecular weight is 346 g/mol. The minimum Gasteiger partial charge on any atom is -0.497 e. The molecule has 1 aromatic rings. The molecule has 6 nitrogen and oxygen atoms in total. The number of methoxy groups -OCH3 is 2. The maximum atomic E-state index is 12.8. The molecule has 2 fully saturated rings. The maximum absolute atomic E-state index is 12.8. The van der Waals surface area contributed by atoms with Crippen LogP contribution in [-0.2, 0) is 14.3 Å². The first-order chi connectivity index (χ1) is 12.0. The van der Waals surface area contributed by atoms with Crippen LogP contribution >= 0.6 is 0 Å². The lowest BCUT2D eigenvalue weighted by Gasteiger charge is -2.29. The smallest absolute Gasteiger partial charge is 0.226 e. The Bertz CT molecular complexity index is 644. The van der Waals surface area contributed by atoms with Crippen molar-refractivity contribution >= 4 is 11.8 Å². The van der Waals surface area contributed by atoms with E-state index in [2.05, 4.69) is 5.32 Å². The van der Waals surface area contributed by atoms with E-state index in [1.54, 1.807) is 14.2 Å². The molecule has 25 heavy (non-hydrogen) atoms. The van der Waals surface area contributed by atoms with Crippen LogP contribution in [-0.4, -0.2) is 49.6 Å². The molecule has 1 N–H and O–H groups in total. The summed E-state index contributed by atoms with van der Waals surface area (Å²) in [5.74, 6) is 0.322. The Labute approximate surface area is 148 Å². The third-order valence-corrected chi connectivity index (χ3v) is 4.88. The van der Waals surface area contributed by atoms with Crippen molar-refractivity contribution in [1.82, 2.24) is 10.2 Å². The van der Waals surface area contributed by atoms with Gasteiger partial charge in [-0.2, -0.15) is 0 Å². The Hall–Kier alpha value is -2.08. The van der Waals surface area contributed by atoms with E-state index in [4.69, 9.17) is 9.47 Å². The topological polar surface area (TPSA) is 67.9 Å². The zero-order valence-electron chi connectivity index (χ0n) is 15.0. The van der Waals surface area contributed by atoms with E-state index < -0.39 is 0 Å². The highest BCUT2D eigenvalue weighted by molar-refractivity contribution is 5.91. The van der Waals surface area contributed by atoms with E-state index >= 15 is 0 Å². The Morgan fingerprint density at radius 2 is 2.12 bits per heavy atom. The number of benzene rings is 1. The number of carbonyl (C=O) groups is 2. The molecular formula is C19H26N2O4. The minimum absolute atomic E-state index is 0.0647. The number of nitrogens with zero attached hydrogens (tertiary/aromatic N) is 1. The molecule has 1 heterocycles. The summed E-state index contributed by atoms with van der Waals surface area (Å²) >= 11 is 0. The normalized spacial score (nSPS) is 24.3. The highest BCUT2D eigenvalue weighted by atomic mass is 16.5. The third kappa shape index (κ3) is 3.79. The highest BCUT2D eigenvalue weighted by Gasteiger charge is 2.49. The second-order valence-electron chi connectivity index (χ2n) is 6.93. The summed E-state index contributed by atoms with van der Waals surface area (Å²) in [7, 11) is 3.23. The number of nitrogens with one attached hydrogen (secondary N) is 1. The third-order valence-electron chi connectivity index (χ3n) is 4.88. The molecular weight excluding hydrogens is 320 g/mol. The molecule has 1 aliphatic carbocycles. The molecule has 0 bridgehead atoms. The molecule has 136 valence electrons. The van der Waals surface area contributed by atoms with Gasteiger partial charge in [-0.1, -0.05) is 12.1 Å². The standard InChI is InChI=1S/C19H26N2O4/c1-12(11-24-2)20-19(23)16-10-17(22)21(14-7-8-14)18(16)13-5-4-6-15(9-13)25-3/h4-6,9,12,14,16,18H,7-8,10-11H2,1-3H3,(H,20,23)/t12-,16+,18-/m0/s1. The van der Waals surface area contributed by atoms with Gasteiger partial charge in [-0.3, -0.25) is 9.59 Å². The van der Waals surface area contributed by atoms with Crippen LogP contribution in [0.2, 0.25) is 0 Å². The van der Waals surface area contributed by atoms with E-state index in [1.807, 2.05) is 36.1 Å². The second kappa shape index (κ2) is 7.44. The Morgan fingerprint density at radius 3 is 2.76 bits per heavy atom. The fourth-order valence-electron chi connectivity index (χ4n) is 3.63. The number of rotatable bonds is 7. The summed E-state index contributed by atoms with van der Waals surface area (Å²) in [6.45, 7) is 2.35. The predicted octanol–water partition coefficient (Wildman–Crippen LogP) is 1.90. The van der Waals surface area contributed by atoms with Crippen LogP contribution in [0, 0.1) is 5.92 Å². The van der Waals surface area contributed by atoms with E-state index in [0.29, 0.717) is 6.61 Å². The fourth-order valence-corrected chi connectivity index (χ4v) is 3.63. The number of ether oxygens (including phenoxy) is 2. The van der Waals surface area contributed by atoms with Gasteiger partial charge in [0.2, 0.25) is 11.8 Å². The monoisotopic (exact) mass is 346 g/mol. The quantitative estimate of drug-likeness (QED) is 0.819. The lowest BCUT2D eigenvalue weighted by molar-refractivity contribution is -0.129. The van der Waals surface area contributed by atoms with Crippen molar-refractivity contribution in [3.05, 3.63) is 29.8 Å². The first-order valence-corrected chi connectivity index (χ1v) is 8.79. The van der Waals surface area contributed by atoms with Gasteiger partial charge in [-0.25, -0.2) is 0 Å².